The van der Waals surface area contributed by atoms with Crippen LogP contribution < -0.4 is 19.7 Å². The lowest BCUT2D eigenvalue weighted by atomic mass is 10.0. The number of methoxy groups -OCH3 is 2. The van der Waals surface area contributed by atoms with E-state index >= 15 is 0 Å². The molecule has 1 fully saturated rings. The van der Waals surface area contributed by atoms with E-state index in [-0.39, 0.29) is 0 Å². The molecule has 32 heavy (non-hydrogen) atoms. The van der Waals surface area contributed by atoms with Crippen LogP contribution in [0.3, 0.4) is 0 Å². The van der Waals surface area contributed by atoms with Gasteiger partial charge < -0.3 is 19.7 Å². The molecule has 3 heterocycles. The smallest absolute Gasteiger partial charge is 0.161 e. The van der Waals surface area contributed by atoms with Crippen LogP contribution in [0.2, 0.25) is 0 Å². The number of hydrogen-bond donors (Lipinski definition) is 1. The van der Waals surface area contributed by atoms with Gasteiger partial charge in [-0.1, -0.05) is 6.07 Å². The van der Waals surface area contributed by atoms with Crippen molar-refractivity contribution in [1.82, 2.24) is 20.3 Å². The molecule has 0 spiro atoms. The van der Waals surface area contributed by atoms with Gasteiger partial charge in [-0.2, -0.15) is 0 Å². The Labute approximate surface area is 187 Å². The number of nitrogens with zero attached hydrogens (tertiary/aromatic N) is 4. The van der Waals surface area contributed by atoms with Crippen molar-refractivity contribution >= 4 is 16.7 Å². The van der Waals surface area contributed by atoms with Crippen LogP contribution in [0.1, 0.15) is 0 Å². The third-order valence-electron chi connectivity index (χ3n) is 5.81. The highest BCUT2D eigenvalue weighted by Gasteiger charge is 2.14. The van der Waals surface area contributed by atoms with Crippen molar-refractivity contribution in [3.63, 3.8) is 0 Å². The van der Waals surface area contributed by atoms with Crippen LogP contribution in [0.4, 0.5) is 5.82 Å². The summed E-state index contributed by atoms with van der Waals surface area (Å²) in [5.41, 5.74) is 4.82. The van der Waals surface area contributed by atoms with E-state index < -0.39 is 0 Å². The van der Waals surface area contributed by atoms with Gasteiger partial charge in [-0.25, -0.2) is 15.0 Å². The van der Waals surface area contributed by atoms with Crippen LogP contribution >= 0.6 is 0 Å². The summed E-state index contributed by atoms with van der Waals surface area (Å²) in [6, 6.07) is 16.3. The Bertz CT molecular complexity index is 1240. The summed E-state index contributed by atoms with van der Waals surface area (Å²) in [5.74, 6) is 2.37. The predicted molar refractivity (Wildman–Crippen MR) is 126 cm³/mol. The number of anilines is 1. The number of piperazine rings is 1. The molecule has 1 saturated heterocycles. The topological polar surface area (TPSA) is 72.4 Å². The SMILES string of the molecule is COc1ccc(-c2ncnc3ccc(-c4ccc(N5CCNCC5)nc4)cc23)cc1OC. The minimum absolute atomic E-state index is 0.667. The fourth-order valence-corrected chi connectivity index (χ4v) is 4.09. The van der Waals surface area contributed by atoms with Gasteiger partial charge in [-0.3, -0.25) is 0 Å². The lowest BCUT2D eigenvalue weighted by molar-refractivity contribution is 0.355. The first-order valence-corrected chi connectivity index (χ1v) is 10.7. The maximum Gasteiger partial charge on any atom is 0.161 e. The maximum absolute atomic E-state index is 5.48. The zero-order chi connectivity index (χ0) is 21.9. The second-order valence-electron chi connectivity index (χ2n) is 7.67. The fourth-order valence-electron chi connectivity index (χ4n) is 4.09. The van der Waals surface area contributed by atoms with Gasteiger partial charge in [0.25, 0.3) is 0 Å². The Hall–Kier alpha value is -3.71. The third kappa shape index (κ3) is 3.83. The lowest BCUT2D eigenvalue weighted by Crippen LogP contribution is -2.43. The lowest BCUT2D eigenvalue weighted by Gasteiger charge is -2.28. The molecule has 0 amide bonds. The van der Waals surface area contributed by atoms with Crippen molar-refractivity contribution < 1.29 is 9.47 Å². The Balaban J connectivity index is 1.53. The summed E-state index contributed by atoms with van der Waals surface area (Å²) in [4.78, 5) is 16.1. The molecule has 0 unspecified atom stereocenters. The highest BCUT2D eigenvalue weighted by atomic mass is 16.5. The number of rotatable bonds is 5. The van der Waals surface area contributed by atoms with Gasteiger partial charge in [0.2, 0.25) is 0 Å². The van der Waals surface area contributed by atoms with Crippen molar-refractivity contribution in [2.75, 3.05) is 45.3 Å². The molecule has 4 aromatic rings. The number of aromatic nitrogens is 3. The van der Waals surface area contributed by atoms with E-state index in [2.05, 4.69) is 44.5 Å². The Kier molecular flexibility index (Phi) is 5.56. The largest absolute Gasteiger partial charge is 0.493 e. The fraction of sp³-hybridized carbons (Fsp3) is 0.240. The quantitative estimate of drug-likeness (QED) is 0.520. The molecule has 2 aromatic heterocycles. The molecule has 162 valence electrons. The van der Waals surface area contributed by atoms with Crippen LogP contribution in [-0.4, -0.2) is 55.4 Å². The highest BCUT2D eigenvalue weighted by Crippen LogP contribution is 2.35. The summed E-state index contributed by atoms with van der Waals surface area (Å²) < 4.78 is 10.9. The molecule has 0 atom stereocenters. The molecule has 0 aliphatic carbocycles. The van der Waals surface area contributed by atoms with E-state index in [0.29, 0.717) is 11.5 Å². The second kappa shape index (κ2) is 8.80. The second-order valence-corrected chi connectivity index (χ2v) is 7.67. The molecule has 1 aliphatic heterocycles. The number of nitrogens with one attached hydrogen (secondary N) is 1. The average molecular weight is 428 g/mol. The van der Waals surface area contributed by atoms with Crippen molar-refractivity contribution in [1.29, 1.82) is 0 Å². The van der Waals surface area contributed by atoms with Crippen LogP contribution in [0.25, 0.3) is 33.3 Å². The first-order chi connectivity index (χ1) is 15.8. The molecule has 7 nitrogen and oxygen atoms in total. The van der Waals surface area contributed by atoms with Gasteiger partial charge in [0, 0.05) is 48.9 Å². The standard InChI is InChI=1S/C25H25N5O2/c1-31-22-7-4-18(14-23(22)32-2)25-20-13-17(3-6-21(20)28-16-29-25)19-5-8-24(27-15-19)30-11-9-26-10-12-30/h3-8,13-16,26H,9-12H2,1-2H3. The minimum atomic E-state index is 0.667. The van der Waals surface area contributed by atoms with Gasteiger partial charge in [-0.05, 0) is 48.0 Å². The summed E-state index contributed by atoms with van der Waals surface area (Å²) in [7, 11) is 3.26. The molecule has 5 rings (SSSR count). The predicted octanol–water partition coefficient (Wildman–Crippen LogP) is 3.79. The number of pyridine rings is 1. The van der Waals surface area contributed by atoms with Crippen LogP contribution in [0.5, 0.6) is 11.5 Å². The molecule has 0 saturated carbocycles. The minimum Gasteiger partial charge on any atom is -0.493 e. The van der Waals surface area contributed by atoms with E-state index in [9.17, 15) is 0 Å². The van der Waals surface area contributed by atoms with E-state index in [0.717, 1.165) is 65.3 Å². The van der Waals surface area contributed by atoms with E-state index in [1.165, 1.54) is 0 Å². The van der Waals surface area contributed by atoms with Crippen LogP contribution in [0, 0.1) is 0 Å². The van der Waals surface area contributed by atoms with E-state index in [4.69, 9.17) is 14.5 Å². The molecular formula is C25H25N5O2. The van der Waals surface area contributed by atoms with Gasteiger partial charge in [0.15, 0.2) is 11.5 Å². The van der Waals surface area contributed by atoms with Gasteiger partial charge in [0.1, 0.15) is 12.1 Å². The first-order valence-electron chi connectivity index (χ1n) is 10.7. The van der Waals surface area contributed by atoms with E-state index in [1.807, 2.05) is 30.5 Å². The maximum atomic E-state index is 5.48. The monoisotopic (exact) mass is 427 g/mol. The van der Waals surface area contributed by atoms with Crippen molar-refractivity contribution in [3.8, 4) is 33.9 Å². The number of benzene rings is 2. The molecule has 0 radical (unpaired) electrons. The summed E-state index contributed by atoms with van der Waals surface area (Å²) >= 11 is 0. The average Bonchev–Trinajstić information content (AvgIpc) is 2.88. The third-order valence-corrected chi connectivity index (χ3v) is 5.81. The first kappa shape index (κ1) is 20.2. The normalized spacial score (nSPS) is 13.9. The molecular weight excluding hydrogens is 402 g/mol. The number of fused-ring (bicyclic) bond motifs is 1. The molecule has 2 aromatic carbocycles. The summed E-state index contributed by atoms with van der Waals surface area (Å²) in [5, 5.41) is 4.35. The highest BCUT2D eigenvalue weighted by molar-refractivity contribution is 5.95. The Morgan fingerprint density at radius 1 is 0.781 bits per heavy atom. The Morgan fingerprint density at radius 3 is 2.31 bits per heavy atom. The Morgan fingerprint density at radius 2 is 1.56 bits per heavy atom. The van der Waals surface area contributed by atoms with Crippen molar-refractivity contribution in [2.24, 2.45) is 0 Å². The van der Waals surface area contributed by atoms with Crippen molar-refractivity contribution in [2.45, 2.75) is 0 Å². The van der Waals surface area contributed by atoms with Gasteiger partial charge >= 0.3 is 0 Å². The van der Waals surface area contributed by atoms with Crippen molar-refractivity contribution in [3.05, 3.63) is 61.1 Å². The molecule has 1 aliphatic rings. The number of hydrogen-bond acceptors (Lipinski definition) is 7. The van der Waals surface area contributed by atoms with Gasteiger partial charge in [-0.15, -0.1) is 0 Å². The zero-order valence-corrected chi connectivity index (χ0v) is 18.2. The van der Waals surface area contributed by atoms with Crippen LogP contribution in [-0.2, 0) is 0 Å². The zero-order valence-electron chi connectivity index (χ0n) is 18.2. The molecule has 0 bridgehead atoms. The number of ether oxygens (including phenoxy) is 2. The molecule has 1 N–H and O–H groups in total. The summed E-state index contributed by atoms with van der Waals surface area (Å²) in [6.07, 6.45) is 3.54. The summed E-state index contributed by atoms with van der Waals surface area (Å²) in [6.45, 7) is 3.95. The van der Waals surface area contributed by atoms with E-state index in [1.54, 1.807) is 20.5 Å². The molecule has 7 heteroatoms. The van der Waals surface area contributed by atoms with Gasteiger partial charge in [0.05, 0.1) is 25.4 Å². The van der Waals surface area contributed by atoms with Crippen LogP contribution in [0.15, 0.2) is 61.1 Å².